The van der Waals surface area contributed by atoms with Gasteiger partial charge < -0.3 is 15.3 Å². The highest BCUT2D eigenvalue weighted by atomic mass is 16.0. The van der Waals surface area contributed by atoms with Gasteiger partial charge in [0.2, 0.25) is 0 Å². The van der Waals surface area contributed by atoms with Crippen molar-refractivity contribution < 1.29 is 5.48 Å². The number of allylic oxidation sites excluding steroid dienone is 1. The van der Waals surface area contributed by atoms with Crippen molar-refractivity contribution in [2.75, 3.05) is 20.8 Å². The molecule has 0 aromatic carbocycles. The molecule has 0 bridgehead atoms. The Morgan fingerprint density at radius 1 is 1.44 bits per heavy atom. The maximum Gasteiger partial charge on any atom is 0.0890 e. The minimum atomic E-state index is 0. The van der Waals surface area contributed by atoms with Gasteiger partial charge in [-0.3, -0.25) is 0 Å². The van der Waals surface area contributed by atoms with Crippen molar-refractivity contribution in [3.8, 4) is 0 Å². The van der Waals surface area contributed by atoms with Gasteiger partial charge in [0.25, 0.3) is 0 Å². The molecule has 1 rings (SSSR count). The van der Waals surface area contributed by atoms with E-state index in [4.69, 9.17) is 0 Å². The normalized spacial score (nSPS) is 17.4. The van der Waals surface area contributed by atoms with E-state index in [-0.39, 0.29) is 5.48 Å². The monoisotopic (exact) mass is 130 g/mol. The lowest BCUT2D eigenvalue weighted by molar-refractivity contribution is 0.328. The van der Waals surface area contributed by atoms with Crippen LogP contribution in [0.5, 0.6) is 0 Å². The molecule has 0 aliphatic carbocycles. The molecule has 0 unspecified atom stereocenters. The fourth-order valence-electron chi connectivity index (χ4n) is 0.904. The Morgan fingerprint density at radius 2 is 2.00 bits per heavy atom. The van der Waals surface area contributed by atoms with Crippen molar-refractivity contribution in [3.05, 3.63) is 11.9 Å². The third kappa shape index (κ3) is 1.61. The van der Waals surface area contributed by atoms with Gasteiger partial charge in [-0.1, -0.05) is 0 Å². The molecule has 9 heavy (non-hydrogen) atoms. The molecule has 1 heterocycles. The molecule has 0 radical (unpaired) electrons. The van der Waals surface area contributed by atoms with Crippen LogP contribution < -0.4 is 0 Å². The first-order chi connectivity index (χ1) is 3.70. The highest BCUT2D eigenvalue weighted by Crippen LogP contribution is 2.08. The molecule has 0 aromatic heterocycles. The van der Waals surface area contributed by atoms with Crippen molar-refractivity contribution in [2.45, 2.75) is 6.92 Å². The second-order valence-electron chi connectivity index (χ2n) is 2.37. The summed E-state index contributed by atoms with van der Waals surface area (Å²) in [5.74, 6) is 0. The largest absolute Gasteiger partial charge is 0.412 e. The van der Waals surface area contributed by atoms with Gasteiger partial charge in [-0.25, -0.2) is 0 Å². The second-order valence-corrected chi connectivity index (χ2v) is 2.37. The van der Waals surface area contributed by atoms with Gasteiger partial charge >= 0.3 is 0 Å². The van der Waals surface area contributed by atoms with Crippen LogP contribution in [0.1, 0.15) is 6.92 Å². The molecule has 54 valence electrons. The standard InChI is InChI=1S/C6H12N2.H2O/c1-6-4-7(2)5-8(6)3;/h4H,5H2,1-3H3;1H2. The lowest BCUT2D eigenvalue weighted by Crippen LogP contribution is -2.19. The summed E-state index contributed by atoms with van der Waals surface area (Å²) in [6, 6.07) is 0. The molecule has 0 saturated heterocycles. The minimum Gasteiger partial charge on any atom is -0.412 e. The number of hydrogen-bond acceptors (Lipinski definition) is 2. The molecule has 1 aliphatic rings. The molecule has 0 fully saturated rings. The summed E-state index contributed by atoms with van der Waals surface area (Å²) in [6.45, 7) is 3.15. The molecule has 0 saturated carbocycles. The first-order valence-corrected chi connectivity index (χ1v) is 2.80. The zero-order chi connectivity index (χ0) is 6.15. The van der Waals surface area contributed by atoms with E-state index < -0.39 is 0 Å². The summed E-state index contributed by atoms with van der Waals surface area (Å²) in [5, 5.41) is 0. The Bertz CT molecular complexity index is 122. The predicted molar refractivity (Wildman–Crippen MR) is 37.8 cm³/mol. The lowest BCUT2D eigenvalue weighted by atomic mass is 10.5. The van der Waals surface area contributed by atoms with Gasteiger partial charge in [-0.05, 0) is 6.92 Å². The molecule has 3 nitrogen and oxygen atoms in total. The third-order valence-corrected chi connectivity index (χ3v) is 1.44. The van der Waals surface area contributed by atoms with Gasteiger partial charge in [0.05, 0.1) is 6.67 Å². The van der Waals surface area contributed by atoms with E-state index in [1.165, 1.54) is 5.70 Å². The van der Waals surface area contributed by atoms with Gasteiger partial charge in [0, 0.05) is 26.0 Å². The van der Waals surface area contributed by atoms with E-state index >= 15 is 0 Å². The molecular formula is C6H14N2O. The van der Waals surface area contributed by atoms with Crippen molar-refractivity contribution in [3.63, 3.8) is 0 Å². The summed E-state index contributed by atoms with van der Waals surface area (Å²) >= 11 is 0. The van der Waals surface area contributed by atoms with E-state index in [2.05, 4.69) is 37.0 Å². The van der Waals surface area contributed by atoms with Gasteiger partial charge in [-0.15, -0.1) is 0 Å². The topological polar surface area (TPSA) is 38.0 Å². The van der Waals surface area contributed by atoms with Crippen molar-refractivity contribution in [1.82, 2.24) is 9.80 Å². The van der Waals surface area contributed by atoms with E-state index in [0.29, 0.717) is 0 Å². The Balaban J connectivity index is 0.000000640. The molecule has 3 heteroatoms. The third-order valence-electron chi connectivity index (χ3n) is 1.44. The molecule has 0 aromatic rings. The number of hydrogen-bond donors (Lipinski definition) is 0. The Kier molecular flexibility index (Phi) is 2.52. The van der Waals surface area contributed by atoms with Crippen LogP contribution in [0.15, 0.2) is 11.9 Å². The van der Waals surface area contributed by atoms with Crippen LogP contribution in [0.25, 0.3) is 0 Å². The minimum absolute atomic E-state index is 0. The highest BCUT2D eigenvalue weighted by Gasteiger charge is 2.07. The van der Waals surface area contributed by atoms with Gasteiger partial charge in [0.15, 0.2) is 0 Å². The van der Waals surface area contributed by atoms with Crippen LogP contribution in [-0.2, 0) is 0 Å². The Morgan fingerprint density at radius 3 is 2.11 bits per heavy atom. The lowest BCUT2D eigenvalue weighted by Gasteiger charge is -2.13. The van der Waals surface area contributed by atoms with Crippen LogP contribution in [0.4, 0.5) is 0 Å². The Labute approximate surface area is 55.9 Å². The van der Waals surface area contributed by atoms with Gasteiger partial charge in [-0.2, -0.15) is 0 Å². The summed E-state index contributed by atoms with van der Waals surface area (Å²) in [5.41, 5.74) is 1.34. The second kappa shape index (κ2) is 2.73. The van der Waals surface area contributed by atoms with E-state index in [0.717, 1.165) is 6.67 Å². The summed E-state index contributed by atoms with van der Waals surface area (Å²) < 4.78 is 0. The smallest absolute Gasteiger partial charge is 0.0890 e. The maximum absolute atomic E-state index is 2.21. The van der Waals surface area contributed by atoms with Crippen LogP contribution in [0.3, 0.4) is 0 Å². The zero-order valence-corrected chi connectivity index (χ0v) is 6.18. The van der Waals surface area contributed by atoms with Crippen LogP contribution in [-0.4, -0.2) is 36.0 Å². The SMILES string of the molecule is CC1=CN(C)CN1C.O. The number of nitrogens with zero attached hydrogens (tertiary/aromatic N) is 2. The van der Waals surface area contributed by atoms with Crippen LogP contribution in [0.2, 0.25) is 0 Å². The molecule has 0 amide bonds. The van der Waals surface area contributed by atoms with Crippen molar-refractivity contribution in [1.29, 1.82) is 0 Å². The average molecular weight is 130 g/mol. The highest BCUT2D eigenvalue weighted by molar-refractivity contribution is 5.00. The Hall–Kier alpha value is -0.700. The van der Waals surface area contributed by atoms with E-state index in [1.807, 2.05) is 0 Å². The van der Waals surface area contributed by atoms with Crippen LogP contribution >= 0.6 is 0 Å². The molecule has 0 spiro atoms. The number of rotatable bonds is 0. The van der Waals surface area contributed by atoms with Crippen molar-refractivity contribution >= 4 is 0 Å². The molecule has 0 atom stereocenters. The summed E-state index contributed by atoms with van der Waals surface area (Å²) in [4.78, 5) is 4.37. The van der Waals surface area contributed by atoms with E-state index in [1.54, 1.807) is 0 Å². The molecule has 1 aliphatic heterocycles. The summed E-state index contributed by atoms with van der Waals surface area (Å²) in [6.07, 6.45) is 2.14. The fraction of sp³-hybridized carbons (Fsp3) is 0.667. The average Bonchev–Trinajstić information content (AvgIpc) is 1.85. The predicted octanol–water partition coefficient (Wildman–Crippen LogP) is -0.142. The first kappa shape index (κ1) is 8.30. The fourth-order valence-corrected chi connectivity index (χ4v) is 0.904. The van der Waals surface area contributed by atoms with Crippen molar-refractivity contribution in [2.24, 2.45) is 0 Å². The maximum atomic E-state index is 2.21. The summed E-state index contributed by atoms with van der Waals surface area (Å²) in [7, 11) is 4.17. The van der Waals surface area contributed by atoms with Gasteiger partial charge in [0.1, 0.15) is 0 Å². The quantitative estimate of drug-likeness (QED) is 0.457. The van der Waals surface area contributed by atoms with E-state index in [9.17, 15) is 0 Å². The molecule has 2 N–H and O–H groups in total. The first-order valence-electron chi connectivity index (χ1n) is 2.80. The zero-order valence-electron chi connectivity index (χ0n) is 6.18. The van der Waals surface area contributed by atoms with Crippen LogP contribution in [0, 0.1) is 0 Å². The molecular weight excluding hydrogens is 116 g/mol.